The van der Waals surface area contributed by atoms with E-state index >= 15 is 0 Å². The maximum Gasteiger partial charge on any atom is 0.173 e. The first-order chi connectivity index (χ1) is 11.4. The van der Waals surface area contributed by atoms with Crippen LogP contribution in [0.25, 0.3) is 0 Å². The Bertz CT molecular complexity index is 619. The van der Waals surface area contributed by atoms with E-state index in [0.29, 0.717) is 5.92 Å². The highest BCUT2D eigenvalue weighted by Crippen LogP contribution is 2.68. The summed E-state index contributed by atoms with van der Waals surface area (Å²) in [6, 6.07) is 0. The number of thiol groups is 1. The molecule has 0 aromatic heterocycles. The van der Waals surface area contributed by atoms with Crippen LogP contribution in [-0.4, -0.2) is 19.0 Å². The molecular weight excluding hydrogens is 316 g/mol. The summed E-state index contributed by atoms with van der Waals surface area (Å²) in [5, 5.41) is 2.96. The van der Waals surface area contributed by atoms with Crippen LogP contribution in [0.15, 0.2) is 11.6 Å². The lowest BCUT2D eigenvalue weighted by molar-refractivity contribution is -0.284. The van der Waals surface area contributed by atoms with Gasteiger partial charge in [0.1, 0.15) is 0 Å². The number of fused-ring (bicyclic) bond motifs is 3. The van der Waals surface area contributed by atoms with E-state index in [-0.39, 0.29) is 22.0 Å². The molecule has 0 radical (unpaired) electrons. The van der Waals surface area contributed by atoms with Crippen LogP contribution >= 0.6 is 12.6 Å². The Kier molecular flexibility index (Phi) is 3.92. The molecule has 3 heteroatoms. The van der Waals surface area contributed by atoms with Gasteiger partial charge >= 0.3 is 0 Å². The molecule has 0 unspecified atom stereocenters. The molecular formula is C21H30O2S. The summed E-state index contributed by atoms with van der Waals surface area (Å²) in [4.78, 5) is 0. The molecule has 3 atom stereocenters. The molecule has 132 valence electrons. The summed E-state index contributed by atoms with van der Waals surface area (Å²) in [5.74, 6) is 3.74. The van der Waals surface area contributed by atoms with Gasteiger partial charge in [0.15, 0.2) is 5.79 Å². The quantitative estimate of drug-likeness (QED) is 0.380. The van der Waals surface area contributed by atoms with Gasteiger partial charge in [-0.15, -0.1) is 0 Å². The van der Waals surface area contributed by atoms with Crippen molar-refractivity contribution in [2.24, 2.45) is 22.2 Å². The summed E-state index contributed by atoms with van der Waals surface area (Å²) in [5.41, 5.74) is 1.92. The van der Waals surface area contributed by atoms with Crippen molar-refractivity contribution in [1.29, 1.82) is 0 Å². The lowest BCUT2D eigenvalue weighted by atomic mass is 9.43. The second-order valence-electron chi connectivity index (χ2n) is 9.01. The predicted octanol–water partition coefficient (Wildman–Crippen LogP) is 4.95. The van der Waals surface area contributed by atoms with Crippen LogP contribution in [0.3, 0.4) is 0 Å². The first-order valence-electron chi connectivity index (χ1n) is 9.56. The minimum Gasteiger partial charge on any atom is -0.347 e. The van der Waals surface area contributed by atoms with E-state index in [1.807, 2.05) is 0 Å². The number of rotatable bonds is 0. The van der Waals surface area contributed by atoms with E-state index in [9.17, 15) is 0 Å². The summed E-state index contributed by atoms with van der Waals surface area (Å²) >= 11 is 4.26. The molecule has 1 spiro atoms. The number of allylic oxidation sites excluding steroid dienone is 2. The highest BCUT2D eigenvalue weighted by molar-refractivity contribution is 7.85. The molecule has 0 aromatic carbocycles. The minimum absolute atomic E-state index is 0.0232. The van der Waals surface area contributed by atoms with Crippen molar-refractivity contribution in [2.75, 3.05) is 13.2 Å². The highest BCUT2D eigenvalue weighted by atomic mass is 32.1. The third-order valence-corrected chi connectivity index (χ3v) is 7.90. The Morgan fingerprint density at radius 2 is 1.83 bits per heavy atom. The Hall–Kier alpha value is -0.430. The summed E-state index contributed by atoms with van der Waals surface area (Å²) < 4.78 is 12.4. The Morgan fingerprint density at radius 1 is 1.08 bits per heavy atom. The lowest BCUT2D eigenvalue weighted by Gasteiger charge is -2.64. The third-order valence-electron chi connectivity index (χ3n) is 7.79. The van der Waals surface area contributed by atoms with Crippen LogP contribution in [0.2, 0.25) is 0 Å². The maximum absolute atomic E-state index is 6.22. The van der Waals surface area contributed by atoms with Gasteiger partial charge in [0.25, 0.3) is 0 Å². The molecule has 2 nitrogen and oxygen atoms in total. The van der Waals surface area contributed by atoms with Crippen LogP contribution in [-0.2, 0) is 9.47 Å². The number of hydrogen-bond donors (Lipinski definition) is 1. The van der Waals surface area contributed by atoms with Crippen molar-refractivity contribution in [3.05, 3.63) is 11.6 Å². The van der Waals surface area contributed by atoms with Gasteiger partial charge in [-0.1, -0.05) is 45.4 Å². The van der Waals surface area contributed by atoms with Gasteiger partial charge in [-0.05, 0) is 60.7 Å². The zero-order valence-corrected chi connectivity index (χ0v) is 16.2. The minimum atomic E-state index is -0.373. The van der Waals surface area contributed by atoms with Gasteiger partial charge in [-0.3, -0.25) is 0 Å². The molecule has 24 heavy (non-hydrogen) atoms. The highest BCUT2D eigenvalue weighted by Gasteiger charge is 2.65. The standard InChI is InChI=1S/C21H30O2S/c1-18(2)16-7-9-20(12-15-24)8-5-4-6-17(20)19(16,3)10-11-21(18)22-13-14-23-21/h6,16,24H,4-5,7-11,13-14H2,1-3H3/t16-,19-,20+/m0/s1. The van der Waals surface area contributed by atoms with Crippen molar-refractivity contribution < 1.29 is 9.47 Å². The second-order valence-corrected chi connectivity index (χ2v) is 9.23. The van der Waals surface area contributed by atoms with Gasteiger partial charge in [-0.25, -0.2) is 0 Å². The molecule has 0 bridgehead atoms. The van der Waals surface area contributed by atoms with E-state index in [1.54, 1.807) is 5.57 Å². The van der Waals surface area contributed by atoms with Gasteiger partial charge in [0, 0.05) is 11.8 Å². The maximum atomic E-state index is 6.22. The van der Waals surface area contributed by atoms with Crippen LogP contribution < -0.4 is 0 Å². The predicted molar refractivity (Wildman–Crippen MR) is 99.6 cm³/mol. The number of ether oxygens (including phenoxy) is 2. The molecule has 0 N–H and O–H groups in total. The summed E-state index contributed by atoms with van der Waals surface area (Å²) in [6.07, 6.45) is 10.7. The van der Waals surface area contributed by atoms with Gasteiger partial charge in [0.05, 0.1) is 18.6 Å². The molecule has 0 aromatic rings. The fraction of sp³-hybridized carbons (Fsp3) is 0.810. The molecule has 1 saturated heterocycles. The van der Waals surface area contributed by atoms with Crippen molar-refractivity contribution in [3.63, 3.8) is 0 Å². The van der Waals surface area contributed by atoms with Gasteiger partial charge < -0.3 is 9.47 Å². The van der Waals surface area contributed by atoms with Crippen molar-refractivity contribution >= 4 is 12.6 Å². The fourth-order valence-electron chi connectivity index (χ4n) is 6.67. The van der Waals surface area contributed by atoms with Crippen LogP contribution in [0.1, 0.15) is 65.7 Å². The SMILES string of the molecule is CC1(C)[C@@H]2CC[C@@]3(C#CS)CCCC=C3[C@@]2(C)CCC12OCCO2. The van der Waals surface area contributed by atoms with E-state index in [1.165, 1.54) is 25.7 Å². The van der Waals surface area contributed by atoms with Crippen molar-refractivity contribution in [1.82, 2.24) is 0 Å². The molecule has 1 aliphatic heterocycles. The molecule has 2 saturated carbocycles. The van der Waals surface area contributed by atoms with E-state index in [0.717, 1.165) is 32.5 Å². The Labute approximate surface area is 152 Å². The fourth-order valence-corrected chi connectivity index (χ4v) is 6.88. The van der Waals surface area contributed by atoms with Crippen LogP contribution in [0.5, 0.6) is 0 Å². The second kappa shape index (κ2) is 5.53. The lowest BCUT2D eigenvalue weighted by Crippen LogP contribution is -2.61. The van der Waals surface area contributed by atoms with Crippen LogP contribution in [0.4, 0.5) is 0 Å². The molecule has 4 aliphatic rings. The van der Waals surface area contributed by atoms with E-state index in [4.69, 9.17) is 9.47 Å². The zero-order chi connectivity index (χ0) is 17.1. The van der Waals surface area contributed by atoms with Gasteiger partial charge in [0.2, 0.25) is 0 Å². The molecule has 3 aliphatic carbocycles. The van der Waals surface area contributed by atoms with E-state index in [2.05, 4.69) is 50.6 Å². The summed E-state index contributed by atoms with van der Waals surface area (Å²) in [7, 11) is 0. The first-order valence-corrected chi connectivity index (χ1v) is 10.0. The molecule has 0 amide bonds. The number of hydrogen-bond acceptors (Lipinski definition) is 3. The zero-order valence-electron chi connectivity index (χ0n) is 15.3. The molecule has 4 rings (SSSR count). The monoisotopic (exact) mass is 346 g/mol. The topological polar surface area (TPSA) is 18.5 Å². The van der Waals surface area contributed by atoms with Crippen molar-refractivity contribution in [2.45, 2.75) is 71.5 Å². The Balaban J connectivity index is 1.78. The average Bonchev–Trinajstić information content (AvgIpc) is 3.03. The summed E-state index contributed by atoms with van der Waals surface area (Å²) in [6.45, 7) is 8.73. The van der Waals surface area contributed by atoms with Crippen molar-refractivity contribution in [3.8, 4) is 11.2 Å². The third kappa shape index (κ3) is 2.06. The van der Waals surface area contributed by atoms with Gasteiger partial charge in [-0.2, -0.15) is 0 Å². The Morgan fingerprint density at radius 3 is 2.54 bits per heavy atom. The average molecular weight is 347 g/mol. The largest absolute Gasteiger partial charge is 0.347 e. The smallest absolute Gasteiger partial charge is 0.173 e. The molecule has 3 fully saturated rings. The first kappa shape index (κ1) is 17.0. The normalized spacial score (nSPS) is 42.5. The van der Waals surface area contributed by atoms with E-state index < -0.39 is 0 Å². The van der Waals surface area contributed by atoms with Crippen LogP contribution in [0, 0.1) is 33.3 Å². The molecule has 1 heterocycles.